The third-order valence-electron chi connectivity index (χ3n) is 2.13. The summed E-state index contributed by atoms with van der Waals surface area (Å²) in [5.74, 6) is 0.739. The van der Waals surface area contributed by atoms with E-state index in [-0.39, 0.29) is 19.4 Å². The maximum absolute atomic E-state index is 9.12. The molecule has 0 aliphatic heterocycles. The number of aliphatic hydroxyl groups is 1. The lowest BCUT2D eigenvalue weighted by molar-refractivity contribution is 0.0510. The molecule has 1 aromatic carbocycles. The third kappa shape index (κ3) is 3.51. The largest absolute Gasteiger partial charge is 0.468 e. The predicted molar refractivity (Wildman–Crippen MR) is 57.8 cm³/mol. The molecule has 0 spiro atoms. The van der Waals surface area contributed by atoms with Gasteiger partial charge in [0.05, 0.1) is 12.6 Å². The lowest BCUT2D eigenvalue weighted by Gasteiger charge is -2.14. The zero-order valence-electron chi connectivity index (χ0n) is 9.06. The Labute approximate surface area is 89.8 Å². The van der Waals surface area contributed by atoms with Gasteiger partial charge in [0.2, 0.25) is 0 Å². The van der Waals surface area contributed by atoms with Crippen molar-refractivity contribution in [2.75, 3.05) is 27.6 Å². The summed E-state index contributed by atoms with van der Waals surface area (Å²) in [6.07, 6.45) is 0. The molecular formula is C11H17NO3. The molecule has 0 bridgehead atoms. The van der Waals surface area contributed by atoms with Crippen molar-refractivity contribution in [3.05, 3.63) is 29.8 Å². The molecule has 0 saturated heterocycles. The van der Waals surface area contributed by atoms with E-state index < -0.39 is 0 Å². The SMILES string of the molecule is CNC(CO)c1cccc(OCOC)c1. The Morgan fingerprint density at radius 1 is 1.47 bits per heavy atom. The van der Waals surface area contributed by atoms with Gasteiger partial charge in [-0.3, -0.25) is 0 Å². The number of aliphatic hydroxyl groups excluding tert-OH is 1. The molecule has 0 aromatic heterocycles. The van der Waals surface area contributed by atoms with Crippen LogP contribution in [-0.2, 0) is 4.74 Å². The van der Waals surface area contributed by atoms with E-state index in [0.29, 0.717) is 0 Å². The van der Waals surface area contributed by atoms with Gasteiger partial charge in [-0.2, -0.15) is 0 Å². The van der Waals surface area contributed by atoms with Gasteiger partial charge in [-0.25, -0.2) is 0 Å². The lowest BCUT2D eigenvalue weighted by atomic mass is 10.1. The van der Waals surface area contributed by atoms with Crippen LogP contribution in [-0.4, -0.2) is 32.7 Å². The van der Waals surface area contributed by atoms with Gasteiger partial charge >= 0.3 is 0 Å². The van der Waals surface area contributed by atoms with Gasteiger partial charge in [0.1, 0.15) is 5.75 Å². The molecular weight excluding hydrogens is 194 g/mol. The number of rotatable bonds is 6. The Bertz CT molecular complexity index is 287. The first kappa shape index (κ1) is 12.0. The van der Waals surface area contributed by atoms with Crippen molar-refractivity contribution in [1.29, 1.82) is 0 Å². The highest BCUT2D eigenvalue weighted by Crippen LogP contribution is 2.18. The van der Waals surface area contributed by atoms with Crippen molar-refractivity contribution in [3.8, 4) is 5.75 Å². The van der Waals surface area contributed by atoms with Gasteiger partial charge in [0.25, 0.3) is 0 Å². The van der Waals surface area contributed by atoms with E-state index in [0.717, 1.165) is 11.3 Å². The Kier molecular flexibility index (Phi) is 5.10. The first-order valence-corrected chi connectivity index (χ1v) is 4.81. The van der Waals surface area contributed by atoms with Crippen LogP contribution < -0.4 is 10.1 Å². The van der Waals surface area contributed by atoms with Crippen molar-refractivity contribution >= 4 is 0 Å². The smallest absolute Gasteiger partial charge is 0.188 e. The monoisotopic (exact) mass is 211 g/mol. The Balaban J connectivity index is 2.72. The summed E-state index contributed by atoms with van der Waals surface area (Å²) in [7, 11) is 3.39. The second kappa shape index (κ2) is 6.40. The molecule has 1 rings (SSSR count). The van der Waals surface area contributed by atoms with Gasteiger partial charge in [0.15, 0.2) is 6.79 Å². The summed E-state index contributed by atoms with van der Waals surface area (Å²) in [6, 6.07) is 7.51. The summed E-state index contributed by atoms with van der Waals surface area (Å²) in [4.78, 5) is 0. The zero-order valence-corrected chi connectivity index (χ0v) is 9.06. The summed E-state index contributed by atoms with van der Waals surface area (Å²) in [5, 5.41) is 12.1. The molecule has 1 atom stereocenters. The second-order valence-corrected chi connectivity index (χ2v) is 3.15. The molecule has 0 radical (unpaired) electrons. The molecule has 84 valence electrons. The van der Waals surface area contributed by atoms with Crippen LogP contribution in [0.5, 0.6) is 5.75 Å². The molecule has 0 aliphatic rings. The summed E-state index contributed by atoms with van der Waals surface area (Å²) < 4.78 is 10.1. The first-order chi connectivity index (χ1) is 7.31. The Morgan fingerprint density at radius 3 is 2.87 bits per heavy atom. The Morgan fingerprint density at radius 2 is 2.27 bits per heavy atom. The fourth-order valence-corrected chi connectivity index (χ4v) is 1.31. The molecule has 2 N–H and O–H groups in total. The maximum atomic E-state index is 9.12. The molecule has 0 aliphatic carbocycles. The van der Waals surface area contributed by atoms with E-state index in [2.05, 4.69) is 5.32 Å². The van der Waals surface area contributed by atoms with Crippen molar-refractivity contribution in [2.24, 2.45) is 0 Å². The van der Waals surface area contributed by atoms with Crippen LogP contribution in [0.25, 0.3) is 0 Å². The normalized spacial score (nSPS) is 12.5. The van der Waals surface area contributed by atoms with Crippen LogP contribution in [0.4, 0.5) is 0 Å². The van der Waals surface area contributed by atoms with Gasteiger partial charge in [0, 0.05) is 7.11 Å². The average molecular weight is 211 g/mol. The number of hydrogen-bond acceptors (Lipinski definition) is 4. The first-order valence-electron chi connectivity index (χ1n) is 4.81. The van der Waals surface area contributed by atoms with Crippen LogP contribution in [0, 0.1) is 0 Å². The van der Waals surface area contributed by atoms with Crippen LogP contribution in [0.1, 0.15) is 11.6 Å². The second-order valence-electron chi connectivity index (χ2n) is 3.15. The van der Waals surface area contributed by atoms with E-state index in [1.807, 2.05) is 31.3 Å². The van der Waals surface area contributed by atoms with E-state index in [4.69, 9.17) is 14.6 Å². The van der Waals surface area contributed by atoms with Gasteiger partial charge in [-0.1, -0.05) is 12.1 Å². The van der Waals surface area contributed by atoms with Crippen LogP contribution in [0.15, 0.2) is 24.3 Å². The highest BCUT2D eigenvalue weighted by molar-refractivity contribution is 5.30. The van der Waals surface area contributed by atoms with E-state index in [1.165, 1.54) is 0 Å². The molecule has 1 aromatic rings. The highest BCUT2D eigenvalue weighted by Gasteiger charge is 2.07. The molecule has 0 heterocycles. The minimum Gasteiger partial charge on any atom is -0.468 e. The number of benzene rings is 1. The number of hydrogen-bond donors (Lipinski definition) is 2. The summed E-state index contributed by atoms with van der Waals surface area (Å²) in [5.41, 5.74) is 0.994. The van der Waals surface area contributed by atoms with Crippen molar-refractivity contribution in [2.45, 2.75) is 6.04 Å². The molecule has 0 amide bonds. The molecule has 0 saturated carbocycles. The summed E-state index contributed by atoms with van der Waals surface area (Å²) in [6.45, 7) is 0.289. The van der Waals surface area contributed by atoms with Gasteiger partial charge in [-0.15, -0.1) is 0 Å². The fourth-order valence-electron chi connectivity index (χ4n) is 1.31. The van der Waals surface area contributed by atoms with E-state index in [1.54, 1.807) is 7.11 Å². The standard InChI is InChI=1S/C11H17NO3/c1-12-11(7-13)9-4-3-5-10(6-9)15-8-14-2/h3-6,11-13H,7-8H2,1-2H3. The lowest BCUT2D eigenvalue weighted by Crippen LogP contribution is -2.19. The van der Waals surface area contributed by atoms with Crippen molar-refractivity contribution in [1.82, 2.24) is 5.32 Å². The summed E-state index contributed by atoms with van der Waals surface area (Å²) >= 11 is 0. The average Bonchev–Trinajstić information content (AvgIpc) is 2.29. The van der Waals surface area contributed by atoms with Crippen LogP contribution in [0.2, 0.25) is 0 Å². The maximum Gasteiger partial charge on any atom is 0.188 e. The van der Waals surface area contributed by atoms with E-state index in [9.17, 15) is 0 Å². The third-order valence-corrected chi connectivity index (χ3v) is 2.13. The predicted octanol–water partition coefficient (Wildman–Crippen LogP) is 0.922. The molecule has 4 heteroatoms. The minimum absolute atomic E-state index is 0.0592. The molecule has 15 heavy (non-hydrogen) atoms. The van der Waals surface area contributed by atoms with Crippen molar-refractivity contribution in [3.63, 3.8) is 0 Å². The molecule has 4 nitrogen and oxygen atoms in total. The van der Waals surface area contributed by atoms with Crippen LogP contribution >= 0.6 is 0 Å². The Hall–Kier alpha value is -1.10. The van der Waals surface area contributed by atoms with E-state index >= 15 is 0 Å². The minimum atomic E-state index is -0.0592. The number of ether oxygens (including phenoxy) is 2. The quantitative estimate of drug-likeness (QED) is 0.687. The fraction of sp³-hybridized carbons (Fsp3) is 0.455. The number of likely N-dealkylation sites (N-methyl/N-ethyl adjacent to an activating group) is 1. The molecule has 1 unspecified atom stereocenters. The zero-order chi connectivity index (χ0) is 11.1. The van der Waals surface area contributed by atoms with Crippen LogP contribution in [0.3, 0.4) is 0 Å². The van der Waals surface area contributed by atoms with Gasteiger partial charge in [-0.05, 0) is 24.7 Å². The van der Waals surface area contributed by atoms with Gasteiger partial charge < -0.3 is 19.9 Å². The number of nitrogens with one attached hydrogen (secondary N) is 1. The highest BCUT2D eigenvalue weighted by atomic mass is 16.7. The molecule has 0 fully saturated rings. The van der Waals surface area contributed by atoms with Crippen molar-refractivity contribution < 1.29 is 14.6 Å². The topological polar surface area (TPSA) is 50.7 Å². The number of methoxy groups -OCH3 is 1.